The van der Waals surface area contributed by atoms with Gasteiger partial charge in [0, 0.05) is 10.0 Å². The van der Waals surface area contributed by atoms with E-state index in [1.165, 1.54) is 35.9 Å². The van der Waals surface area contributed by atoms with Gasteiger partial charge < -0.3 is 5.32 Å². The number of anilines is 2. The van der Waals surface area contributed by atoms with Crippen molar-refractivity contribution in [3.8, 4) is 0 Å². The number of nitrogens with zero attached hydrogens (tertiary/aromatic N) is 4. The maximum Gasteiger partial charge on any atom is 0.223 e. The summed E-state index contributed by atoms with van der Waals surface area (Å²) < 4.78 is 42.3. The number of benzene rings is 2. The van der Waals surface area contributed by atoms with Crippen molar-refractivity contribution in [2.75, 3.05) is 16.8 Å². The summed E-state index contributed by atoms with van der Waals surface area (Å²) in [5.41, 5.74) is 2.90. The molecule has 198 valence electrons. The number of thiophene rings is 1. The highest BCUT2D eigenvalue weighted by atomic mass is 79.9. The van der Waals surface area contributed by atoms with Crippen molar-refractivity contribution >= 4 is 84.9 Å². The van der Waals surface area contributed by atoms with Crippen molar-refractivity contribution in [3.63, 3.8) is 0 Å². The second-order valence-electron chi connectivity index (χ2n) is 8.48. The van der Waals surface area contributed by atoms with Crippen LogP contribution in [0.3, 0.4) is 0 Å². The first kappa shape index (κ1) is 27.3. The molecule has 0 saturated heterocycles. The number of para-hydroxylation sites is 1. The Bertz CT molecular complexity index is 1770. The normalized spacial score (nSPS) is 13.2. The van der Waals surface area contributed by atoms with Gasteiger partial charge in [-0.1, -0.05) is 43.9 Å². The van der Waals surface area contributed by atoms with Crippen LogP contribution in [-0.2, 0) is 9.84 Å². The molecule has 3 heterocycles. The number of fused-ring (bicyclic) bond motifs is 1. The first-order valence-electron chi connectivity index (χ1n) is 11.4. The number of amidine groups is 1. The summed E-state index contributed by atoms with van der Waals surface area (Å²) in [7, 11) is -1.82. The van der Waals surface area contributed by atoms with Gasteiger partial charge in [0.15, 0.2) is 5.04 Å². The SMILES string of the molecule is C=C1c2c(C)csc2N=C(CNc2ncnc(P)c2C(=N)S(=O)(=O)c2ccc(Br)cc2)N1c1ccccc1F. The molecule has 39 heavy (non-hydrogen) atoms. The largest absolute Gasteiger partial charge is 0.362 e. The fraction of sp³-hybridized carbons (Fsp3) is 0.0769. The average Bonchev–Trinajstić information content (AvgIpc) is 3.28. The molecule has 4 aromatic rings. The molecule has 2 N–H and O–H groups in total. The zero-order chi connectivity index (χ0) is 27.9. The summed E-state index contributed by atoms with van der Waals surface area (Å²) in [6.07, 6.45) is 1.27. The zero-order valence-corrected chi connectivity index (χ0v) is 24.8. The van der Waals surface area contributed by atoms with Gasteiger partial charge in [-0.15, -0.1) is 11.3 Å². The Kier molecular flexibility index (Phi) is 7.47. The van der Waals surface area contributed by atoms with E-state index in [4.69, 9.17) is 10.4 Å². The van der Waals surface area contributed by atoms with E-state index in [0.717, 1.165) is 16.1 Å². The van der Waals surface area contributed by atoms with Gasteiger partial charge in [-0.3, -0.25) is 10.3 Å². The summed E-state index contributed by atoms with van der Waals surface area (Å²) in [5, 5.41) is 13.8. The van der Waals surface area contributed by atoms with Crippen LogP contribution in [0.15, 0.2) is 81.2 Å². The van der Waals surface area contributed by atoms with Crippen LogP contribution in [0.25, 0.3) is 5.70 Å². The Morgan fingerprint density at radius 1 is 1.21 bits per heavy atom. The fourth-order valence-corrected chi connectivity index (χ4v) is 7.00. The van der Waals surface area contributed by atoms with Gasteiger partial charge in [-0.2, -0.15) is 0 Å². The van der Waals surface area contributed by atoms with E-state index in [9.17, 15) is 12.8 Å². The highest BCUT2D eigenvalue weighted by molar-refractivity contribution is 9.10. The molecule has 1 aliphatic heterocycles. The smallest absolute Gasteiger partial charge is 0.223 e. The number of sulfone groups is 1. The Morgan fingerprint density at radius 3 is 2.64 bits per heavy atom. The number of hydrogen-bond acceptors (Lipinski definition) is 9. The third-order valence-corrected chi connectivity index (χ3v) is 9.60. The topological polar surface area (TPSA) is 111 Å². The lowest BCUT2D eigenvalue weighted by Gasteiger charge is -2.32. The maximum absolute atomic E-state index is 15.0. The van der Waals surface area contributed by atoms with Crippen molar-refractivity contribution in [3.05, 3.63) is 93.8 Å². The minimum absolute atomic E-state index is 0.00533. The van der Waals surface area contributed by atoms with Gasteiger partial charge in [0.2, 0.25) is 9.84 Å². The number of hydrogen-bond donors (Lipinski definition) is 2. The minimum atomic E-state index is -4.18. The van der Waals surface area contributed by atoms with E-state index in [-0.39, 0.29) is 33.9 Å². The molecule has 0 spiro atoms. The first-order chi connectivity index (χ1) is 18.6. The number of rotatable bonds is 6. The molecular formula is C26H21BrFN6O2PS2. The van der Waals surface area contributed by atoms with Gasteiger partial charge in [0.05, 0.1) is 33.8 Å². The molecule has 0 saturated carbocycles. The number of aromatic nitrogens is 2. The third-order valence-electron chi connectivity index (χ3n) is 6.01. The van der Waals surface area contributed by atoms with Crippen molar-refractivity contribution in [2.24, 2.45) is 4.99 Å². The fourth-order valence-electron chi connectivity index (χ4n) is 4.12. The molecule has 13 heteroatoms. The van der Waals surface area contributed by atoms with Gasteiger partial charge in [0.25, 0.3) is 0 Å². The van der Waals surface area contributed by atoms with Gasteiger partial charge in [0.1, 0.15) is 28.8 Å². The lowest BCUT2D eigenvalue weighted by atomic mass is 10.1. The molecule has 0 amide bonds. The van der Waals surface area contributed by atoms with E-state index < -0.39 is 20.7 Å². The molecule has 0 fully saturated rings. The first-order valence-corrected chi connectivity index (χ1v) is 15.2. The number of aliphatic imine (C=N–C) groups is 1. The molecule has 0 bridgehead atoms. The molecule has 1 atom stereocenters. The standard InChI is InChI=1S/C26H21BrFN6O2PS2/c1-14-12-38-26-21(14)15(2)34(19-6-4-3-5-18(19)28)20(33-26)11-30-24-22(25(37)32-13-31-24)23(29)39(35,36)17-9-7-16(27)8-10-17/h3-10,12-13,29H,2,11,37H2,1H3,(H,30,31,32). The lowest BCUT2D eigenvalue weighted by molar-refractivity contribution is 0.607. The van der Waals surface area contributed by atoms with Crippen LogP contribution in [-0.4, -0.2) is 35.8 Å². The summed E-state index contributed by atoms with van der Waals surface area (Å²) in [5.74, 6) is 0.104. The van der Waals surface area contributed by atoms with Gasteiger partial charge in [-0.25, -0.2) is 27.8 Å². The molecule has 5 rings (SSSR count). The Labute approximate surface area is 239 Å². The van der Waals surface area contributed by atoms with E-state index in [2.05, 4.69) is 47.0 Å². The van der Waals surface area contributed by atoms with Gasteiger partial charge in [-0.05, 0) is 54.3 Å². The van der Waals surface area contributed by atoms with E-state index >= 15 is 0 Å². The van der Waals surface area contributed by atoms with Crippen LogP contribution in [0.1, 0.15) is 16.7 Å². The molecule has 0 radical (unpaired) electrons. The second-order valence-corrected chi connectivity index (χ2v) is 12.7. The summed E-state index contributed by atoms with van der Waals surface area (Å²) in [4.78, 5) is 14.7. The van der Waals surface area contributed by atoms with Crippen molar-refractivity contribution in [2.45, 2.75) is 11.8 Å². The molecule has 2 aromatic heterocycles. The lowest BCUT2D eigenvalue weighted by Crippen LogP contribution is -2.37. The molecule has 8 nitrogen and oxygen atoms in total. The minimum Gasteiger partial charge on any atom is -0.362 e. The Morgan fingerprint density at radius 2 is 1.92 bits per heavy atom. The average molecular weight is 644 g/mol. The van der Waals surface area contributed by atoms with Crippen LogP contribution in [0.5, 0.6) is 0 Å². The molecule has 1 unspecified atom stereocenters. The Balaban J connectivity index is 1.53. The van der Waals surface area contributed by atoms with Crippen molar-refractivity contribution in [1.29, 1.82) is 5.41 Å². The van der Waals surface area contributed by atoms with Crippen LogP contribution in [0.2, 0.25) is 0 Å². The molecular weight excluding hydrogens is 622 g/mol. The molecule has 2 aromatic carbocycles. The van der Waals surface area contributed by atoms with Crippen LogP contribution in [0, 0.1) is 18.2 Å². The zero-order valence-electron chi connectivity index (χ0n) is 20.4. The maximum atomic E-state index is 15.0. The van der Waals surface area contributed by atoms with Crippen molar-refractivity contribution in [1.82, 2.24) is 9.97 Å². The predicted octanol–water partition coefficient (Wildman–Crippen LogP) is 5.68. The summed E-state index contributed by atoms with van der Waals surface area (Å²) >= 11 is 4.74. The molecule has 0 aliphatic carbocycles. The summed E-state index contributed by atoms with van der Waals surface area (Å²) in [6, 6.07) is 12.4. The quantitative estimate of drug-likeness (QED) is 0.159. The van der Waals surface area contributed by atoms with Crippen LogP contribution in [0.4, 0.5) is 20.9 Å². The number of nitrogens with one attached hydrogen (secondary N) is 2. The van der Waals surface area contributed by atoms with Crippen LogP contribution >= 0.6 is 36.5 Å². The predicted molar refractivity (Wildman–Crippen MR) is 162 cm³/mol. The molecule has 1 aliphatic rings. The van der Waals surface area contributed by atoms with E-state index in [0.29, 0.717) is 16.0 Å². The summed E-state index contributed by atoms with van der Waals surface area (Å²) in [6.45, 7) is 6.22. The highest BCUT2D eigenvalue weighted by Crippen LogP contribution is 2.42. The van der Waals surface area contributed by atoms with E-state index in [1.807, 2.05) is 12.3 Å². The van der Waals surface area contributed by atoms with Crippen molar-refractivity contribution < 1.29 is 12.8 Å². The van der Waals surface area contributed by atoms with Crippen LogP contribution < -0.4 is 15.7 Å². The van der Waals surface area contributed by atoms with Gasteiger partial charge >= 0.3 is 0 Å². The van der Waals surface area contributed by atoms with E-state index in [1.54, 1.807) is 35.2 Å². The highest BCUT2D eigenvalue weighted by Gasteiger charge is 2.31. The number of halogens is 2. The third kappa shape index (κ3) is 5.05. The second kappa shape index (κ2) is 10.7. The number of aryl methyl sites for hydroxylation is 1. The monoisotopic (exact) mass is 642 g/mol. The Hall–Kier alpha value is -3.31.